The Balaban J connectivity index is 2.64. The molecule has 0 saturated carbocycles. The summed E-state index contributed by atoms with van der Waals surface area (Å²) in [5.41, 5.74) is 5.40. The Morgan fingerprint density at radius 2 is 1.57 bits per heavy atom. The predicted octanol–water partition coefficient (Wildman–Crippen LogP) is 4.87. The molecule has 1 rings (SSSR count). The van der Waals surface area contributed by atoms with Gasteiger partial charge >= 0.3 is 11.9 Å². The number of aromatic amines is 1. The minimum absolute atomic E-state index is 0.0888. The third-order valence-electron chi connectivity index (χ3n) is 6.38. The number of unbranched alkanes of at least 4 members (excludes halogenated alkanes) is 10. The molecule has 2 amide bonds. The van der Waals surface area contributed by atoms with E-state index in [0.29, 0.717) is 12.2 Å². The molecule has 0 aliphatic rings. The number of carbonyl (C=O) groups is 4. The number of ether oxygens (including phenoxy) is 1. The fourth-order valence-electron chi connectivity index (χ4n) is 4.44. The minimum atomic E-state index is -1.05. The molecule has 37 heavy (non-hydrogen) atoms. The van der Waals surface area contributed by atoms with Gasteiger partial charge in [0.15, 0.2) is 0 Å². The molecule has 1 aromatic heterocycles. The molecule has 0 aliphatic heterocycles. The van der Waals surface area contributed by atoms with Gasteiger partial charge in [-0.25, -0.2) is 9.78 Å². The summed E-state index contributed by atoms with van der Waals surface area (Å²) in [5.74, 6) is -2.36. The fourth-order valence-corrected chi connectivity index (χ4v) is 4.44. The first-order valence-corrected chi connectivity index (χ1v) is 13.7. The van der Waals surface area contributed by atoms with Gasteiger partial charge in [0.1, 0.15) is 18.0 Å². The van der Waals surface area contributed by atoms with Crippen LogP contribution >= 0.6 is 0 Å². The molecule has 0 fully saturated rings. The number of hydrogen-bond donors (Lipinski definition) is 3. The van der Waals surface area contributed by atoms with Gasteiger partial charge in [-0.1, -0.05) is 71.1 Å². The van der Waals surface area contributed by atoms with Crippen molar-refractivity contribution in [2.45, 2.75) is 129 Å². The van der Waals surface area contributed by atoms with Crippen LogP contribution in [0, 0.1) is 0 Å². The molecule has 0 aliphatic carbocycles. The maximum Gasteiger partial charge on any atom is 0.329 e. The van der Waals surface area contributed by atoms with Gasteiger partial charge in [-0.05, 0) is 25.7 Å². The molecule has 1 aromatic rings. The lowest BCUT2D eigenvalue weighted by atomic mass is 10.0. The van der Waals surface area contributed by atoms with E-state index < -0.39 is 35.9 Å². The van der Waals surface area contributed by atoms with E-state index in [1.54, 1.807) is 0 Å². The molecular weight excluding hydrogens is 476 g/mol. The van der Waals surface area contributed by atoms with E-state index in [2.05, 4.69) is 16.9 Å². The first-order valence-electron chi connectivity index (χ1n) is 13.7. The van der Waals surface area contributed by atoms with Crippen LogP contribution in [0.25, 0.3) is 0 Å². The number of carbonyl (C=O) groups excluding carboxylic acids is 3. The van der Waals surface area contributed by atoms with Gasteiger partial charge in [0.2, 0.25) is 11.8 Å². The highest BCUT2D eigenvalue weighted by molar-refractivity contribution is 5.97. The van der Waals surface area contributed by atoms with Crippen molar-refractivity contribution in [3.8, 4) is 0 Å². The summed E-state index contributed by atoms with van der Waals surface area (Å²) >= 11 is 0. The van der Waals surface area contributed by atoms with Gasteiger partial charge in [-0.15, -0.1) is 0 Å². The second-order valence-corrected chi connectivity index (χ2v) is 9.68. The summed E-state index contributed by atoms with van der Waals surface area (Å²) in [6.07, 6.45) is 15.6. The number of carboxylic acid groups (broad SMARTS) is 1. The monoisotopic (exact) mass is 522 g/mol. The first kappa shape index (κ1) is 32.1. The highest BCUT2D eigenvalue weighted by atomic mass is 16.5. The number of amides is 2. The Labute approximate surface area is 220 Å². The van der Waals surface area contributed by atoms with Gasteiger partial charge < -0.3 is 20.6 Å². The molecule has 0 radical (unpaired) electrons. The van der Waals surface area contributed by atoms with Crippen LogP contribution in [0.4, 0.5) is 5.82 Å². The molecule has 0 spiro atoms. The Hall–Kier alpha value is -2.91. The van der Waals surface area contributed by atoms with Crippen LogP contribution in [-0.4, -0.2) is 51.0 Å². The van der Waals surface area contributed by atoms with Crippen LogP contribution in [-0.2, 0) is 23.9 Å². The van der Waals surface area contributed by atoms with Crippen molar-refractivity contribution in [3.63, 3.8) is 0 Å². The van der Waals surface area contributed by atoms with E-state index in [9.17, 15) is 19.2 Å². The van der Waals surface area contributed by atoms with Gasteiger partial charge in [0.25, 0.3) is 0 Å². The number of esters is 1. The molecule has 0 bridgehead atoms. The number of H-pyrrole nitrogens is 1. The van der Waals surface area contributed by atoms with Crippen LogP contribution in [0.1, 0.15) is 117 Å². The third kappa shape index (κ3) is 14.4. The maximum absolute atomic E-state index is 13.2. The lowest BCUT2D eigenvalue weighted by molar-refractivity contribution is -0.153. The molecule has 4 N–H and O–H groups in total. The zero-order valence-corrected chi connectivity index (χ0v) is 22.6. The second-order valence-electron chi connectivity index (χ2n) is 9.68. The highest BCUT2D eigenvalue weighted by Gasteiger charge is 2.33. The number of anilines is 1. The van der Waals surface area contributed by atoms with E-state index in [-0.39, 0.29) is 25.7 Å². The van der Waals surface area contributed by atoms with Crippen LogP contribution < -0.4 is 10.6 Å². The molecule has 210 valence electrons. The Kier molecular flexibility index (Phi) is 16.7. The lowest BCUT2D eigenvalue weighted by Crippen LogP contribution is -2.46. The van der Waals surface area contributed by atoms with Crippen molar-refractivity contribution in [2.75, 3.05) is 4.90 Å². The Morgan fingerprint density at radius 3 is 2.05 bits per heavy atom. The van der Waals surface area contributed by atoms with Crippen molar-refractivity contribution in [1.29, 1.82) is 0 Å². The molecule has 10 heteroatoms. The minimum Gasteiger partial charge on any atom is -0.481 e. The molecule has 1 heterocycles. The topological polar surface area (TPSA) is 156 Å². The van der Waals surface area contributed by atoms with Crippen molar-refractivity contribution in [3.05, 3.63) is 12.5 Å². The molecule has 0 saturated heterocycles. The molecule has 10 nitrogen and oxygen atoms in total. The predicted molar refractivity (Wildman–Crippen MR) is 142 cm³/mol. The third-order valence-corrected chi connectivity index (χ3v) is 6.38. The normalized spacial score (nSPS) is 12.6. The van der Waals surface area contributed by atoms with Crippen molar-refractivity contribution < 1.29 is 29.0 Å². The van der Waals surface area contributed by atoms with E-state index in [4.69, 9.17) is 15.6 Å². The van der Waals surface area contributed by atoms with Crippen LogP contribution in [0.2, 0.25) is 0 Å². The number of nitrogens with one attached hydrogen (secondary N) is 1. The standard InChI is InChI=1S/C27H46N4O6/c1-3-4-5-6-7-8-9-10-11-12-13-15-22(18-24(28)33)37-27(36)23(16-14-17-26(34)35)31(21(2)32)25-19-29-20-30-25/h19-20,22-23H,3-18H2,1-2H3,(H2,28,33)(H,29,30)(H,34,35)/t22-,23-/m0/s1. The number of nitrogens with two attached hydrogens (primary N) is 1. The van der Waals surface area contributed by atoms with Crippen LogP contribution in [0.15, 0.2) is 12.5 Å². The molecule has 0 unspecified atom stereocenters. The number of hydrogen-bond acceptors (Lipinski definition) is 6. The summed E-state index contributed by atoms with van der Waals surface area (Å²) in [6, 6.07) is -1.05. The smallest absolute Gasteiger partial charge is 0.329 e. The summed E-state index contributed by atoms with van der Waals surface area (Å²) in [5, 5.41) is 9.01. The Morgan fingerprint density at radius 1 is 0.973 bits per heavy atom. The summed E-state index contributed by atoms with van der Waals surface area (Å²) in [4.78, 5) is 56.2. The summed E-state index contributed by atoms with van der Waals surface area (Å²) in [7, 11) is 0. The van der Waals surface area contributed by atoms with Crippen molar-refractivity contribution in [1.82, 2.24) is 9.97 Å². The number of aliphatic carboxylic acids is 1. The van der Waals surface area contributed by atoms with Gasteiger partial charge in [-0.3, -0.25) is 19.3 Å². The number of aromatic nitrogens is 2. The quantitative estimate of drug-likeness (QED) is 0.145. The van der Waals surface area contributed by atoms with Gasteiger partial charge in [0.05, 0.1) is 18.9 Å². The number of primary amides is 1. The Bertz CT molecular complexity index is 799. The SMILES string of the molecule is CCCCCCCCCCCCC[C@@H](CC(N)=O)OC(=O)[C@H](CCCC(=O)O)N(C(C)=O)c1cnc[nH]1. The summed E-state index contributed by atoms with van der Waals surface area (Å²) in [6.45, 7) is 3.53. The van der Waals surface area contributed by atoms with E-state index in [1.165, 1.54) is 69.3 Å². The zero-order chi connectivity index (χ0) is 27.5. The molecule has 2 atom stereocenters. The zero-order valence-electron chi connectivity index (χ0n) is 22.6. The number of carboxylic acids is 1. The van der Waals surface area contributed by atoms with Crippen LogP contribution in [0.3, 0.4) is 0 Å². The number of nitrogens with zero attached hydrogens (tertiary/aromatic N) is 2. The van der Waals surface area contributed by atoms with Crippen molar-refractivity contribution in [2.24, 2.45) is 5.73 Å². The molecular formula is C27H46N4O6. The largest absolute Gasteiger partial charge is 0.481 e. The van der Waals surface area contributed by atoms with Gasteiger partial charge in [0, 0.05) is 13.3 Å². The van der Waals surface area contributed by atoms with E-state index >= 15 is 0 Å². The number of imidazole rings is 1. The first-order chi connectivity index (χ1) is 17.8. The van der Waals surface area contributed by atoms with Crippen LogP contribution in [0.5, 0.6) is 0 Å². The molecule has 0 aromatic carbocycles. The van der Waals surface area contributed by atoms with E-state index in [1.807, 2.05) is 0 Å². The van der Waals surface area contributed by atoms with Gasteiger partial charge in [-0.2, -0.15) is 0 Å². The fraction of sp³-hybridized carbons (Fsp3) is 0.741. The summed E-state index contributed by atoms with van der Waals surface area (Å²) < 4.78 is 5.69. The lowest BCUT2D eigenvalue weighted by Gasteiger charge is -2.29. The maximum atomic E-state index is 13.2. The van der Waals surface area contributed by atoms with Crippen molar-refractivity contribution >= 4 is 29.6 Å². The highest BCUT2D eigenvalue weighted by Crippen LogP contribution is 2.21. The average Bonchev–Trinajstić information content (AvgIpc) is 3.35. The van der Waals surface area contributed by atoms with E-state index in [0.717, 1.165) is 25.7 Å². The average molecular weight is 523 g/mol. The number of rotatable bonds is 22. The second kappa shape index (κ2) is 19.2.